The Labute approximate surface area is 145 Å². The molecule has 0 saturated carbocycles. The molecule has 24 heavy (non-hydrogen) atoms. The van der Waals surface area contributed by atoms with E-state index in [-0.39, 0.29) is 0 Å². The van der Waals surface area contributed by atoms with E-state index in [9.17, 15) is 0 Å². The Morgan fingerprint density at radius 3 is 1.96 bits per heavy atom. The number of ether oxygens (including phenoxy) is 1. The number of nitrogens with one attached hydrogen (secondary N) is 2. The van der Waals surface area contributed by atoms with E-state index in [2.05, 4.69) is 76.3 Å². The van der Waals surface area contributed by atoms with E-state index in [0.29, 0.717) is 12.5 Å². The molecule has 128 valence electrons. The molecule has 2 aromatic rings. The highest BCUT2D eigenvalue weighted by Gasteiger charge is 2.13. The highest BCUT2D eigenvalue weighted by Crippen LogP contribution is 2.27. The van der Waals surface area contributed by atoms with Crippen LogP contribution in [0.15, 0.2) is 65.7 Å². The first-order valence-corrected chi connectivity index (χ1v) is 8.38. The first kappa shape index (κ1) is 18.0. The third kappa shape index (κ3) is 5.70. The molecule has 0 aromatic heterocycles. The van der Waals surface area contributed by atoms with E-state index < -0.39 is 0 Å². The van der Waals surface area contributed by atoms with Crippen molar-refractivity contribution in [1.82, 2.24) is 10.6 Å². The molecule has 0 aliphatic heterocycles. The molecular formula is C20H27N3O. The Balaban J connectivity index is 1.97. The van der Waals surface area contributed by atoms with E-state index in [1.165, 1.54) is 11.1 Å². The van der Waals surface area contributed by atoms with Gasteiger partial charge in [0.05, 0.1) is 6.61 Å². The van der Waals surface area contributed by atoms with Gasteiger partial charge in [-0.2, -0.15) is 0 Å². The second kappa shape index (κ2) is 10.4. The van der Waals surface area contributed by atoms with Gasteiger partial charge in [0.25, 0.3) is 0 Å². The topological polar surface area (TPSA) is 45.7 Å². The molecule has 0 atom stereocenters. The summed E-state index contributed by atoms with van der Waals surface area (Å²) < 4.78 is 5.05. The van der Waals surface area contributed by atoms with E-state index in [1.54, 1.807) is 14.2 Å². The van der Waals surface area contributed by atoms with Crippen LogP contribution in [-0.4, -0.2) is 39.8 Å². The van der Waals surface area contributed by atoms with Crippen LogP contribution in [0.25, 0.3) is 0 Å². The van der Waals surface area contributed by atoms with Gasteiger partial charge in [-0.1, -0.05) is 60.7 Å². The minimum atomic E-state index is 0.372. The molecule has 0 aliphatic rings. The minimum Gasteiger partial charge on any atom is -0.383 e. The van der Waals surface area contributed by atoms with Crippen LogP contribution in [0.1, 0.15) is 23.5 Å². The summed E-state index contributed by atoms with van der Waals surface area (Å²) >= 11 is 0. The fourth-order valence-corrected chi connectivity index (χ4v) is 2.72. The number of benzene rings is 2. The van der Waals surface area contributed by atoms with E-state index in [0.717, 1.165) is 25.5 Å². The second-order valence-corrected chi connectivity index (χ2v) is 5.58. The van der Waals surface area contributed by atoms with Crippen molar-refractivity contribution in [2.45, 2.75) is 12.3 Å². The van der Waals surface area contributed by atoms with Gasteiger partial charge in [0.15, 0.2) is 5.96 Å². The summed E-state index contributed by atoms with van der Waals surface area (Å²) in [5.74, 6) is 1.18. The number of rotatable bonds is 8. The first-order chi connectivity index (χ1) is 11.8. The molecule has 0 aliphatic carbocycles. The van der Waals surface area contributed by atoms with E-state index in [1.807, 2.05) is 0 Å². The van der Waals surface area contributed by atoms with Crippen LogP contribution in [0.5, 0.6) is 0 Å². The summed E-state index contributed by atoms with van der Waals surface area (Å²) in [5.41, 5.74) is 2.68. The normalized spacial score (nSPS) is 11.5. The summed E-state index contributed by atoms with van der Waals surface area (Å²) in [4.78, 5) is 4.24. The van der Waals surface area contributed by atoms with Crippen molar-refractivity contribution in [2.75, 3.05) is 33.9 Å². The number of nitrogens with zero attached hydrogens (tertiary/aromatic N) is 1. The van der Waals surface area contributed by atoms with Gasteiger partial charge in [-0.15, -0.1) is 0 Å². The van der Waals surface area contributed by atoms with Gasteiger partial charge in [0.2, 0.25) is 0 Å². The van der Waals surface area contributed by atoms with Crippen molar-refractivity contribution in [3.05, 3.63) is 71.8 Å². The zero-order chi connectivity index (χ0) is 17.0. The van der Waals surface area contributed by atoms with Gasteiger partial charge in [0, 0.05) is 33.2 Å². The Morgan fingerprint density at radius 1 is 0.917 bits per heavy atom. The number of hydrogen-bond acceptors (Lipinski definition) is 2. The van der Waals surface area contributed by atoms with Crippen LogP contribution in [0, 0.1) is 0 Å². The number of aliphatic imine (C=N–C) groups is 1. The van der Waals surface area contributed by atoms with Gasteiger partial charge >= 0.3 is 0 Å². The lowest BCUT2D eigenvalue weighted by molar-refractivity contribution is 0.203. The third-order valence-corrected chi connectivity index (χ3v) is 3.95. The first-order valence-electron chi connectivity index (χ1n) is 8.38. The van der Waals surface area contributed by atoms with Crippen LogP contribution < -0.4 is 10.6 Å². The summed E-state index contributed by atoms with van der Waals surface area (Å²) in [7, 11) is 3.48. The van der Waals surface area contributed by atoms with Gasteiger partial charge in [-0.05, 0) is 17.5 Å². The molecule has 4 heteroatoms. The lowest BCUT2D eigenvalue weighted by Gasteiger charge is -2.19. The van der Waals surface area contributed by atoms with Crippen LogP contribution >= 0.6 is 0 Å². The summed E-state index contributed by atoms with van der Waals surface area (Å²) in [6, 6.07) is 21.3. The van der Waals surface area contributed by atoms with Gasteiger partial charge in [-0.3, -0.25) is 4.99 Å². The Hall–Kier alpha value is -2.33. The number of guanidine groups is 1. The molecular weight excluding hydrogens is 298 g/mol. The standard InChI is InChI=1S/C20H27N3O/c1-21-20(23-15-16-24-2)22-14-13-19(17-9-5-3-6-10-17)18-11-7-4-8-12-18/h3-12,19H,13-16H2,1-2H3,(H2,21,22,23). The van der Waals surface area contributed by atoms with Crippen LogP contribution in [-0.2, 0) is 4.74 Å². The zero-order valence-electron chi connectivity index (χ0n) is 14.5. The van der Waals surface area contributed by atoms with Gasteiger partial charge in [0.1, 0.15) is 0 Å². The van der Waals surface area contributed by atoms with Crippen molar-refractivity contribution in [3.8, 4) is 0 Å². The minimum absolute atomic E-state index is 0.372. The van der Waals surface area contributed by atoms with E-state index in [4.69, 9.17) is 4.74 Å². The Bertz CT molecular complexity index is 559. The average molecular weight is 325 g/mol. The molecule has 0 saturated heterocycles. The predicted molar refractivity (Wildman–Crippen MR) is 101 cm³/mol. The maximum absolute atomic E-state index is 5.05. The van der Waals surface area contributed by atoms with Crippen LogP contribution in [0.2, 0.25) is 0 Å². The molecule has 0 heterocycles. The molecule has 0 bridgehead atoms. The van der Waals surface area contributed by atoms with Crippen molar-refractivity contribution in [2.24, 2.45) is 4.99 Å². The molecule has 2 rings (SSSR count). The third-order valence-electron chi connectivity index (χ3n) is 3.95. The van der Waals surface area contributed by atoms with Crippen molar-refractivity contribution >= 4 is 5.96 Å². The van der Waals surface area contributed by atoms with Crippen LogP contribution in [0.3, 0.4) is 0 Å². The average Bonchev–Trinajstić information content (AvgIpc) is 2.65. The van der Waals surface area contributed by atoms with Gasteiger partial charge < -0.3 is 15.4 Å². The van der Waals surface area contributed by atoms with Gasteiger partial charge in [-0.25, -0.2) is 0 Å². The smallest absolute Gasteiger partial charge is 0.191 e. The van der Waals surface area contributed by atoms with Crippen molar-refractivity contribution < 1.29 is 4.74 Å². The monoisotopic (exact) mass is 325 g/mol. The fourth-order valence-electron chi connectivity index (χ4n) is 2.72. The van der Waals surface area contributed by atoms with Crippen molar-refractivity contribution in [1.29, 1.82) is 0 Å². The highest BCUT2D eigenvalue weighted by atomic mass is 16.5. The molecule has 0 radical (unpaired) electrons. The van der Waals surface area contributed by atoms with Crippen molar-refractivity contribution in [3.63, 3.8) is 0 Å². The summed E-state index contributed by atoms with van der Waals surface area (Å²) in [5, 5.41) is 6.62. The predicted octanol–water partition coefficient (Wildman–Crippen LogP) is 3.02. The molecule has 0 amide bonds. The maximum atomic E-state index is 5.05. The molecule has 0 unspecified atom stereocenters. The Kier molecular flexibility index (Phi) is 7.84. The molecule has 4 nitrogen and oxygen atoms in total. The highest BCUT2D eigenvalue weighted by molar-refractivity contribution is 5.79. The summed E-state index contributed by atoms with van der Waals surface area (Å²) in [6.07, 6.45) is 0.999. The SMILES string of the molecule is CN=C(NCCOC)NCCC(c1ccccc1)c1ccccc1. The lowest BCUT2D eigenvalue weighted by Crippen LogP contribution is -2.39. The Morgan fingerprint density at radius 2 is 1.46 bits per heavy atom. The maximum Gasteiger partial charge on any atom is 0.191 e. The zero-order valence-corrected chi connectivity index (χ0v) is 14.5. The van der Waals surface area contributed by atoms with Crippen LogP contribution in [0.4, 0.5) is 0 Å². The fraction of sp³-hybridized carbons (Fsp3) is 0.350. The number of methoxy groups -OCH3 is 1. The molecule has 0 fully saturated rings. The second-order valence-electron chi connectivity index (χ2n) is 5.58. The largest absolute Gasteiger partial charge is 0.383 e. The molecule has 2 N–H and O–H groups in total. The molecule has 2 aromatic carbocycles. The lowest BCUT2D eigenvalue weighted by atomic mass is 9.88. The summed E-state index contributed by atoms with van der Waals surface area (Å²) in [6.45, 7) is 2.26. The number of hydrogen-bond donors (Lipinski definition) is 2. The quantitative estimate of drug-likeness (QED) is 0.445. The van der Waals surface area contributed by atoms with E-state index >= 15 is 0 Å². The molecule has 0 spiro atoms.